The normalized spacial score (nSPS) is 11.8. The van der Waals surface area contributed by atoms with E-state index in [2.05, 4.69) is 138 Å². The fourth-order valence-corrected chi connectivity index (χ4v) is 6.57. The van der Waals surface area contributed by atoms with Gasteiger partial charge in [-0.3, -0.25) is 4.57 Å². The van der Waals surface area contributed by atoms with Crippen molar-refractivity contribution in [3.8, 4) is 62.0 Å². The number of hydrogen-bond acceptors (Lipinski definition) is 2. The maximum absolute atomic E-state index is 6.33. The molecule has 0 spiro atoms. The lowest BCUT2D eigenvalue weighted by molar-refractivity contribution is 0.487. The van der Waals surface area contributed by atoms with Crippen LogP contribution in [0.5, 0.6) is 11.5 Å². The Labute approximate surface area is 255 Å². The fourth-order valence-electron chi connectivity index (χ4n) is 6.57. The molecule has 44 heavy (non-hydrogen) atoms. The molecule has 9 rings (SSSR count). The molecule has 0 fully saturated rings. The third-order valence-corrected chi connectivity index (χ3v) is 8.62. The highest BCUT2D eigenvalue weighted by molar-refractivity contribution is 6.10. The number of ether oxygens (including phenoxy) is 1. The van der Waals surface area contributed by atoms with E-state index >= 15 is 0 Å². The summed E-state index contributed by atoms with van der Waals surface area (Å²) in [7, 11) is 0. The van der Waals surface area contributed by atoms with Gasteiger partial charge in [0.2, 0.25) is 0 Å². The first kappa shape index (κ1) is 24.6. The van der Waals surface area contributed by atoms with Crippen LogP contribution in [-0.2, 0) is 0 Å². The number of imidazole rings is 1. The largest absolute Gasteiger partial charge is 0.456 e. The van der Waals surface area contributed by atoms with Gasteiger partial charge in [0, 0.05) is 22.2 Å². The minimum atomic E-state index is 0.908. The molecule has 3 heteroatoms. The van der Waals surface area contributed by atoms with Gasteiger partial charge in [0.1, 0.15) is 17.3 Å². The van der Waals surface area contributed by atoms with Crippen LogP contribution in [0, 0.1) is 0 Å². The van der Waals surface area contributed by atoms with E-state index in [0.717, 1.165) is 45.2 Å². The molecule has 0 bridgehead atoms. The quantitative estimate of drug-likeness (QED) is 0.213. The SMILES string of the molecule is c1ccc(-c2nc3ccccc3n2-c2ccc(-c3cccc(-c4ccc5c6c(cccc46)-c4ccccc4O5)c3)cc2)cc1. The fraction of sp³-hybridized carbons (Fsp3) is 0. The molecule has 0 aliphatic carbocycles. The van der Waals surface area contributed by atoms with Crippen molar-refractivity contribution in [1.82, 2.24) is 9.55 Å². The van der Waals surface area contributed by atoms with E-state index in [9.17, 15) is 0 Å². The zero-order valence-corrected chi connectivity index (χ0v) is 23.8. The lowest BCUT2D eigenvalue weighted by Gasteiger charge is -2.22. The van der Waals surface area contributed by atoms with E-state index < -0.39 is 0 Å². The second-order valence-corrected chi connectivity index (χ2v) is 11.2. The Morgan fingerprint density at radius 3 is 2.09 bits per heavy atom. The van der Waals surface area contributed by atoms with Gasteiger partial charge in [-0.1, -0.05) is 115 Å². The Bertz CT molecular complexity index is 2350. The van der Waals surface area contributed by atoms with Gasteiger partial charge in [0.15, 0.2) is 0 Å². The highest BCUT2D eigenvalue weighted by atomic mass is 16.5. The first-order chi connectivity index (χ1) is 21.8. The lowest BCUT2D eigenvalue weighted by atomic mass is 9.90. The highest BCUT2D eigenvalue weighted by Crippen LogP contribution is 2.48. The molecule has 0 unspecified atom stereocenters. The second kappa shape index (κ2) is 9.82. The number of hydrogen-bond donors (Lipinski definition) is 0. The summed E-state index contributed by atoms with van der Waals surface area (Å²) in [4.78, 5) is 5.00. The molecule has 8 aromatic rings. The Morgan fingerprint density at radius 2 is 1.18 bits per heavy atom. The van der Waals surface area contributed by atoms with Gasteiger partial charge >= 0.3 is 0 Å². The Kier molecular flexibility index (Phi) is 5.50. The average molecular weight is 563 g/mol. The number of nitrogens with zero attached hydrogens (tertiary/aromatic N) is 2. The summed E-state index contributed by atoms with van der Waals surface area (Å²) in [5.41, 5.74) is 11.3. The van der Waals surface area contributed by atoms with Gasteiger partial charge in [-0.25, -0.2) is 4.98 Å². The van der Waals surface area contributed by atoms with Gasteiger partial charge in [-0.15, -0.1) is 0 Å². The highest BCUT2D eigenvalue weighted by Gasteiger charge is 2.21. The molecule has 0 radical (unpaired) electrons. The molecule has 206 valence electrons. The molecule has 7 aromatic carbocycles. The molecule has 0 atom stereocenters. The summed E-state index contributed by atoms with van der Waals surface area (Å²) in [6.45, 7) is 0. The first-order valence-electron chi connectivity index (χ1n) is 14.9. The van der Waals surface area contributed by atoms with Crippen molar-refractivity contribution in [3.63, 3.8) is 0 Å². The third-order valence-electron chi connectivity index (χ3n) is 8.62. The Morgan fingerprint density at radius 1 is 0.455 bits per heavy atom. The Hall–Kier alpha value is -5.93. The number of rotatable bonds is 4. The van der Waals surface area contributed by atoms with Gasteiger partial charge in [0.25, 0.3) is 0 Å². The van der Waals surface area contributed by atoms with Crippen LogP contribution in [0.25, 0.3) is 72.3 Å². The van der Waals surface area contributed by atoms with E-state index in [1.807, 2.05) is 24.3 Å². The number of para-hydroxylation sites is 3. The van der Waals surface area contributed by atoms with E-state index in [0.29, 0.717) is 0 Å². The molecule has 3 nitrogen and oxygen atoms in total. The standard InChI is InChI=1S/C41H26N2O/c1-2-10-28(11-3-1)41-42-36-17-5-6-18-37(36)43(41)31-22-20-27(21-23-31)29-12-8-13-30(26-29)32-24-25-39-40-34(32)15-9-16-35(40)33-14-4-7-19-38(33)44-39/h1-26H. The maximum atomic E-state index is 6.33. The molecule has 1 aliphatic rings. The minimum Gasteiger partial charge on any atom is -0.456 e. The molecule has 1 aromatic heterocycles. The van der Waals surface area contributed by atoms with Crippen LogP contribution in [0.3, 0.4) is 0 Å². The summed E-state index contributed by atoms with van der Waals surface area (Å²) < 4.78 is 8.58. The number of fused-ring (bicyclic) bond motifs is 3. The van der Waals surface area contributed by atoms with Crippen LogP contribution in [0.2, 0.25) is 0 Å². The van der Waals surface area contributed by atoms with Crippen molar-refractivity contribution in [2.24, 2.45) is 0 Å². The van der Waals surface area contributed by atoms with E-state index in [-0.39, 0.29) is 0 Å². The number of benzene rings is 7. The lowest BCUT2D eigenvalue weighted by Crippen LogP contribution is -1.98. The van der Waals surface area contributed by atoms with Crippen molar-refractivity contribution < 1.29 is 4.74 Å². The zero-order chi connectivity index (χ0) is 29.0. The minimum absolute atomic E-state index is 0.908. The monoisotopic (exact) mass is 562 g/mol. The summed E-state index contributed by atoms with van der Waals surface area (Å²) in [6.07, 6.45) is 0. The summed E-state index contributed by atoms with van der Waals surface area (Å²) in [5, 5.41) is 2.36. The van der Waals surface area contributed by atoms with Crippen LogP contribution < -0.4 is 4.74 Å². The third kappa shape index (κ3) is 3.87. The molecule has 0 saturated heterocycles. The van der Waals surface area contributed by atoms with Gasteiger partial charge in [-0.2, -0.15) is 0 Å². The molecular formula is C41H26N2O. The van der Waals surface area contributed by atoms with E-state index in [1.54, 1.807) is 0 Å². The molecule has 0 amide bonds. The summed E-state index contributed by atoms with van der Waals surface area (Å²) >= 11 is 0. The van der Waals surface area contributed by atoms with Crippen LogP contribution >= 0.6 is 0 Å². The van der Waals surface area contributed by atoms with Crippen LogP contribution in [0.15, 0.2) is 158 Å². The van der Waals surface area contributed by atoms with Gasteiger partial charge in [0.05, 0.1) is 11.0 Å². The second-order valence-electron chi connectivity index (χ2n) is 11.2. The Balaban J connectivity index is 1.12. The molecular weight excluding hydrogens is 536 g/mol. The molecule has 0 saturated carbocycles. The summed E-state index contributed by atoms with van der Waals surface area (Å²) in [5.74, 6) is 2.76. The topological polar surface area (TPSA) is 27.1 Å². The average Bonchev–Trinajstić information content (AvgIpc) is 3.49. The van der Waals surface area contributed by atoms with Crippen molar-refractivity contribution in [2.45, 2.75) is 0 Å². The molecule has 2 heterocycles. The number of aromatic nitrogens is 2. The molecule has 1 aliphatic heterocycles. The maximum Gasteiger partial charge on any atom is 0.145 e. The van der Waals surface area contributed by atoms with Crippen LogP contribution in [0.1, 0.15) is 0 Å². The molecule has 0 N–H and O–H groups in total. The first-order valence-corrected chi connectivity index (χ1v) is 14.9. The van der Waals surface area contributed by atoms with Crippen LogP contribution in [-0.4, -0.2) is 9.55 Å². The van der Waals surface area contributed by atoms with Crippen molar-refractivity contribution in [3.05, 3.63) is 158 Å². The predicted octanol–water partition coefficient (Wildman–Crippen LogP) is 11.0. The van der Waals surface area contributed by atoms with Gasteiger partial charge < -0.3 is 4.74 Å². The predicted molar refractivity (Wildman–Crippen MR) is 180 cm³/mol. The van der Waals surface area contributed by atoms with Crippen molar-refractivity contribution >= 4 is 21.8 Å². The van der Waals surface area contributed by atoms with Gasteiger partial charge in [-0.05, 0) is 75.7 Å². The van der Waals surface area contributed by atoms with Crippen LogP contribution in [0.4, 0.5) is 0 Å². The van der Waals surface area contributed by atoms with Crippen molar-refractivity contribution in [2.75, 3.05) is 0 Å². The van der Waals surface area contributed by atoms with E-state index in [1.165, 1.54) is 38.6 Å². The smallest absolute Gasteiger partial charge is 0.145 e. The van der Waals surface area contributed by atoms with E-state index in [4.69, 9.17) is 9.72 Å². The van der Waals surface area contributed by atoms with Crippen molar-refractivity contribution in [1.29, 1.82) is 0 Å². The zero-order valence-electron chi connectivity index (χ0n) is 23.8. The summed E-state index contributed by atoms with van der Waals surface area (Å²) in [6, 6.07) is 55.5.